The summed E-state index contributed by atoms with van der Waals surface area (Å²) in [5, 5.41) is 5.14. The van der Waals surface area contributed by atoms with Crippen LogP contribution in [0.4, 0.5) is 0 Å². The van der Waals surface area contributed by atoms with Crippen LogP contribution in [0.2, 0.25) is 5.02 Å². The molecule has 2 N–H and O–H groups in total. The minimum Gasteiger partial charge on any atom is -0.326 e. The number of hydrogen-bond donors (Lipinski definition) is 1. The number of nitrogens with zero attached hydrogens (tertiary/aromatic N) is 2. The van der Waals surface area contributed by atoms with E-state index in [-0.39, 0.29) is 0 Å². The van der Waals surface area contributed by atoms with E-state index in [1.54, 1.807) is 0 Å². The molecule has 1 heterocycles. The number of aryl methyl sites for hydroxylation is 1. The number of para-hydroxylation sites is 1. The van der Waals surface area contributed by atoms with E-state index >= 15 is 0 Å². The molecule has 0 aliphatic carbocycles. The van der Waals surface area contributed by atoms with Gasteiger partial charge in [-0.2, -0.15) is 5.10 Å². The van der Waals surface area contributed by atoms with Gasteiger partial charge in [0.25, 0.3) is 0 Å². The molecular formula is C12H13BrClN3. The van der Waals surface area contributed by atoms with Crippen molar-refractivity contribution in [3.63, 3.8) is 0 Å². The van der Waals surface area contributed by atoms with E-state index in [1.165, 1.54) is 0 Å². The number of aromatic nitrogens is 2. The second-order valence-corrected chi connectivity index (χ2v) is 5.05. The molecule has 1 aromatic heterocycles. The van der Waals surface area contributed by atoms with E-state index in [0.29, 0.717) is 11.6 Å². The van der Waals surface area contributed by atoms with E-state index < -0.39 is 0 Å². The van der Waals surface area contributed by atoms with Gasteiger partial charge < -0.3 is 5.73 Å². The molecule has 2 rings (SSSR count). The quantitative estimate of drug-likeness (QED) is 0.923. The van der Waals surface area contributed by atoms with Crippen LogP contribution in [0, 0.1) is 13.8 Å². The predicted octanol–water partition coefficient (Wildman–Crippen LogP) is 3.36. The van der Waals surface area contributed by atoms with Crippen molar-refractivity contribution < 1.29 is 0 Å². The average molecular weight is 315 g/mol. The van der Waals surface area contributed by atoms with Gasteiger partial charge >= 0.3 is 0 Å². The van der Waals surface area contributed by atoms with E-state index in [1.807, 2.05) is 36.7 Å². The summed E-state index contributed by atoms with van der Waals surface area (Å²) in [5.41, 5.74) is 9.54. The van der Waals surface area contributed by atoms with Crippen LogP contribution in [0.15, 0.2) is 22.7 Å². The van der Waals surface area contributed by atoms with Crippen LogP contribution in [0.5, 0.6) is 0 Å². The van der Waals surface area contributed by atoms with Crippen LogP contribution in [0.3, 0.4) is 0 Å². The first-order valence-electron chi connectivity index (χ1n) is 5.25. The Kier molecular flexibility index (Phi) is 3.56. The van der Waals surface area contributed by atoms with E-state index in [4.69, 9.17) is 17.3 Å². The zero-order valence-electron chi connectivity index (χ0n) is 9.67. The van der Waals surface area contributed by atoms with Gasteiger partial charge in [-0.1, -0.05) is 23.7 Å². The first-order chi connectivity index (χ1) is 8.06. The molecular weight excluding hydrogens is 302 g/mol. The Labute approximate surface area is 114 Å². The van der Waals surface area contributed by atoms with Gasteiger partial charge in [-0.25, -0.2) is 4.68 Å². The van der Waals surface area contributed by atoms with Gasteiger partial charge in [0.05, 0.1) is 26.6 Å². The molecule has 0 atom stereocenters. The summed E-state index contributed by atoms with van der Waals surface area (Å²) in [6.45, 7) is 4.38. The van der Waals surface area contributed by atoms with Crippen molar-refractivity contribution in [2.24, 2.45) is 5.73 Å². The Morgan fingerprint density at radius 2 is 2.12 bits per heavy atom. The first-order valence-corrected chi connectivity index (χ1v) is 6.43. The molecule has 0 aliphatic heterocycles. The number of nitrogens with two attached hydrogens (primary N) is 1. The van der Waals surface area contributed by atoms with Gasteiger partial charge in [0.2, 0.25) is 0 Å². The van der Waals surface area contributed by atoms with Crippen molar-refractivity contribution >= 4 is 27.5 Å². The molecule has 0 radical (unpaired) electrons. The number of hydrogen-bond acceptors (Lipinski definition) is 2. The van der Waals surface area contributed by atoms with Gasteiger partial charge in [0.15, 0.2) is 0 Å². The summed E-state index contributed by atoms with van der Waals surface area (Å²) < 4.78 is 2.84. The lowest BCUT2D eigenvalue weighted by molar-refractivity contribution is 0.818. The highest BCUT2D eigenvalue weighted by atomic mass is 79.9. The van der Waals surface area contributed by atoms with Crippen molar-refractivity contribution in [1.29, 1.82) is 0 Å². The maximum atomic E-state index is 6.24. The topological polar surface area (TPSA) is 43.8 Å². The maximum Gasteiger partial charge on any atom is 0.0880 e. The highest BCUT2D eigenvalue weighted by Gasteiger charge is 2.15. The molecule has 3 nitrogen and oxygen atoms in total. The maximum absolute atomic E-state index is 6.24. The molecule has 0 saturated heterocycles. The standard InChI is InChI=1S/C12H13BrClN3/c1-7-11(13)8(2)17(16-7)12-9(6-15)4-3-5-10(12)14/h3-5H,6,15H2,1-2H3. The van der Waals surface area contributed by atoms with Crippen molar-refractivity contribution in [2.75, 3.05) is 0 Å². The lowest BCUT2D eigenvalue weighted by atomic mass is 10.2. The van der Waals surface area contributed by atoms with Gasteiger partial charge in [-0.05, 0) is 41.4 Å². The molecule has 0 unspecified atom stereocenters. The normalized spacial score (nSPS) is 10.9. The lowest BCUT2D eigenvalue weighted by Gasteiger charge is -2.11. The average Bonchev–Trinajstić information content (AvgIpc) is 2.56. The Morgan fingerprint density at radius 1 is 1.41 bits per heavy atom. The summed E-state index contributed by atoms with van der Waals surface area (Å²) in [4.78, 5) is 0. The van der Waals surface area contributed by atoms with Crippen LogP contribution in [0.1, 0.15) is 17.0 Å². The summed E-state index contributed by atoms with van der Waals surface area (Å²) >= 11 is 9.76. The fourth-order valence-corrected chi connectivity index (χ4v) is 2.32. The molecule has 2 aromatic rings. The third-order valence-corrected chi connectivity index (χ3v) is 4.16. The minimum absolute atomic E-state index is 0.436. The number of benzene rings is 1. The fourth-order valence-electron chi connectivity index (χ4n) is 1.80. The van der Waals surface area contributed by atoms with E-state index in [9.17, 15) is 0 Å². The van der Waals surface area contributed by atoms with Gasteiger partial charge in [0, 0.05) is 6.54 Å². The SMILES string of the molecule is Cc1nn(-c2c(Cl)cccc2CN)c(C)c1Br. The lowest BCUT2D eigenvalue weighted by Crippen LogP contribution is -2.07. The fraction of sp³-hybridized carbons (Fsp3) is 0.250. The van der Waals surface area contributed by atoms with Gasteiger partial charge in [-0.15, -0.1) is 0 Å². The van der Waals surface area contributed by atoms with Gasteiger partial charge in [0.1, 0.15) is 0 Å². The molecule has 5 heteroatoms. The Morgan fingerprint density at radius 3 is 2.65 bits per heavy atom. The summed E-state index contributed by atoms with van der Waals surface area (Å²) in [6.07, 6.45) is 0. The third-order valence-electron chi connectivity index (χ3n) is 2.71. The van der Waals surface area contributed by atoms with Crippen LogP contribution >= 0.6 is 27.5 Å². The molecule has 0 fully saturated rings. The molecule has 0 spiro atoms. The van der Waals surface area contributed by atoms with E-state index in [0.717, 1.165) is 27.1 Å². The van der Waals surface area contributed by atoms with Crippen LogP contribution in [-0.4, -0.2) is 9.78 Å². The molecule has 0 bridgehead atoms. The smallest absolute Gasteiger partial charge is 0.0880 e. The van der Waals surface area contributed by atoms with Crippen molar-refractivity contribution in [3.8, 4) is 5.69 Å². The van der Waals surface area contributed by atoms with Gasteiger partial charge in [-0.3, -0.25) is 0 Å². The molecule has 1 aromatic carbocycles. The van der Waals surface area contributed by atoms with Crippen LogP contribution in [0.25, 0.3) is 5.69 Å². The number of halogens is 2. The van der Waals surface area contributed by atoms with Crippen LogP contribution < -0.4 is 5.73 Å². The Hall–Kier alpha value is -0.840. The largest absolute Gasteiger partial charge is 0.326 e. The van der Waals surface area contributed by atoms with E-state index in [2.05, 4.69) is 21.0 Å². The summed E-state index contributed by atoms with van der Waals surface area (Å²) in [5.74, 6) is 0. The molecule has 0 saturated carbocycles. The Balaban J connectivity index is 2.72. The zero-order chi connectivity index (χ0) is 12.6. The summed E-state index contributed by atoms with van der Waals surface area (Å²) in [7, 11) is 0. The molecule has 17 heavy (non-hydrogen) atoms. The van der Waals surface area contributed by atoms with Crippen molar-refractivity contribution in [1.82, 2.24) is 9.78 Å². The molecule has 0 aliphatic rings. The second kappa shape index (κ2) is 4.80. The second-order valence-electron chi connectivity index (χ2n) is 3.85. The zero-order valence-corrected chi connectivity index (χ0v) is 12.0. The van der Waals surface area contributed by atoms with Crippen molar-refractivity contribution in [3.05, 3.63) is 44.6 Å². The Bertz CT molecular complexity index is 563. The molecule has 0 amide bonds. The monoisotopic (exact) mass is 313 g/mol. The predicted molar refractivity (Wildman–Crippen MR) is 73.6 cm³/mol. The highest BCUT2D eigenvalue weighted by Crippen LogP contribution is 2.29. The van der Waals surface area contributed by atoms with Crippen molar-refractivity contribution in [2.45, 2.75) is 20.4 Å². The summed E-state index contributed by atoms with van der Waals surface area (Å²) in [6, 6.07) is 5.71. The number of rotatable bonds is 2. The first kappa shape index (κ1) is 12.6. The van der Waals surface area contributed by atoms with Crippen LogP contribution in [-0.2, 0) is 6.54 Å². The minimum atomic E-state index is 0.436. The third kappa shape index (κ3) is 2.12. The molecule has 90 valence electrons. The highest BCUT2D eigenvalue weighted by molar-refractivity contribution is 9.10.